The van der Waals surface area contributed by atoms with Crippen LogP contribution in [0.2, 0.25) is 0 Å². The predicted octanol–water partition coefficient (Wildman–Crippen LogP) is 1.93. The molecule has 2 N–H and O–H groups in total. The highest BCUT2D eigenvalue weighted by Crippen LogP contribution is 2.20. The average Bonchev–Trinajstić information content (AvgIpc) is 2.46. The lowest BCUT2D eigenvalue weighted by Gasteiger charge is -2.06. The number of hydrogen-bond donors (Lipinski definition) is 1. The smallest absolute Gasteiger partial charge is 0.340 e. The molecule has 0 bridgehead atoms. The van der Waals surface area contributed by atoms with E-state index in [1.807, 2.05) is 0 Å². The van der Waals surface area contributed by atoms with Crippen LogP contribution >= 0.6 is 0 Å². The molecule has 0 aliphatic carbocycles. The monoisotopic (exact) mass is 273 g/mol. The minimum Gasteiger partial charge on any atom is -0.456 e. The maximum Gasteiger partial charge on any atom is 0.340 e. The van der Waals surface area contributed by atoms with Gasteiger partial charge in [0.2, 0.25) is 0 Å². The van der Waals surface area contributed by atoms with Gasteiger partial charge in [-0.1, -0.05) is 6.07 Å². The van der Waals surface area contributed by atoms with Gasteiger partial charge in [0.15, 0.2) is 0 Å². The molecule has 1 aromatic heterocycles. The summed E-state index contributed by atoms with van der Waals surface area (Å²) in [5.41, 5.74) is 6.07. The summed E-state index contributed by atoms with van der Waals surface area (Å²) >= 11 is 0. The highest BCUT2D eigenvalue weighted by atomic mass is 16.6. The zero-order valence-electron chi connectivity index (χ0n) is 10.4. The lowest BCUT2D eigenvalue weighted by molar-refractivity contribution is -0.384. The molecule has 0 spiro atoms. The third-order valence-corrected chi connectivity index (χ3v) is 2.54. The Labute approximate surface area is 114 Å². The van der Waals surface area contributed by atoms with Crippen LogP contribution in [0.3, 0.4) is 0 Å². The van der Waals surface area contributed by atoms with E-state index >= 15 is 0 Å². The molecule has 0 saturated heterocycles. The van der Waals surface area contributed by atoms with Gasteiger partial charge in [0.1, 0.15) is 6.61 Å². The van der Waals surface area contributed by atoms with Gasteiger partial charge in [0, 0.05) is 24.0 Å². The number of non-ortho nitro benzene ring substituents is 1. The van der Waals surface area contributed by atoms with Crippen molar-refractivity contribution >= 4 is 17.3 Å². The Balaban J connectivity index is 2.13. The number of nitro groups is 1. The normalized spacial score (nSPS) is 10.0. The quantitative estimate of drug-likeness (QED) is 0.394. The van der Waals surface area contributed by atoms with E-state index in [1.165, 1.54) is 12.1 Å². The van der Waals surface area contributed by atoms with Crippen molar-refractivity contribution in [2.75, 3.05) is 5.73 Å². The first kappa shape index (κ1) is 13.5. The Morgan fingerprint density at radius 3 is 2.80 bits per heavy atom. The van der Waals surface area contributed by atoms with E-state index in [2.05, 4.69) is 4.98 Å². The molecule has 102 valence electrons. The van der Waals surface area contributed by atoms with Gasteiger partial charge in [-0.2, -0.15) is 0 Å². The number of esters is 1. The molecule has 0 saturated carbocycles. The number of nitrogen functional groups attached to an aromatic ring is 1. The third-order valence-electron chi connectivity index (χ3n) is 2.54. The first-order valence-corrected chi connectivity index (χ1v) is 5.69. The molecule has 7 nitrogen and oxygen atoms in total. The van der Waals surface area contributed by atoms with Crippen LogP contribution in [-0.2, 0) is 11.3 Å². The van der Waals surface area contributed by atoms with E-state index in [0.29, 0.717) is 5.69 Å². The second-order valence-electron chi connectivity index (χ2n) is 3.93. The predicted molar refractivity (Wildman–Crippen MR) is 70.9 cm³/mol. The second kappa shape index (κ2) is 5.79. The van der Waals surface area contributed by atoms with Gasteiger partial charge in [0.05, 0.1) is 16.2 Å². The number of rotatable bonds is 4. The SMILES string of the molecule is Nc1ccc([N+](=O)[O-])cc1C(=O)OCc1ccccn1. The third kappa shape index (κ3) is 3.08. The van der Waals surface area contributed by atoms with E-state index in [4.69, 9.17) is 10.5 Å². The molecule has 0 fully saturated rings. The van der Waals surface area contributed by atoms with Crippen LogP contribution in [-0.4, -0.2) is 15.9 Å². The number of carbonyl (C=O) groups excluding carboxylic acids is 1. The largest absolute Gasteiger partial charge is 0.456 e. The van der Waals surface area contributed by atoms with E-state index in [9.17, 15) is 14.9 Å². The van der Waals surface area contributed by atoms with Crippen molar-refractivity contribution in [3.8, 4) is 0 Å². The van der Waals surface area contributed by atoms with E-state index in [0.717, 1.165) is 6.07 Å². The van der Waals surface area contributed by atoms with Crippen LogP contribution in [0.15, 0.2) is 42.6 Å². The number of benzene rings is 1. The maximum absolute atomic E-state index is 11.9. The zero-order valence-corrected chi connectivity index (χ0v) is 10.4. The molecule has 7 heteroatoms. The number of ether oxygens (including phenoxy) is 1. The lowest BCUT2D eigenvalue weighted by atomic mass is 10.1. The Morgan fingerprint density at radius 2 is 2.15 bits per heavy atom. The minimum atomic E-state index is -0.725. The number of nitrogens with two attached hydrogens (primary N) is 1. The average molecular weight is 273 g/mol. The zero-order chi connectivity index (χ0) is 14.5. The number of pyridine rings is 1. The fourth-order valence-corrected chi connectivity index (χ4v) is 1.54. The van der Waals surface area contributed by atoms with E-state index in [1.54, 1.807) is 24.4 Å². The van der Waals surface area contributed by atoms with Crippen LogP contribution in [0.5, 0.6) is 0 Å². The van der Waals surface area contributed by atoms with Crippen molar-refractivity contribution in [2.24, 2.45) is 0 Å². The van der Waals surface area contributed by atoms with Crippen LogP contribution in [0, 0.1) is 10.1 Å². The van der Waals surface area contributed by atoms with Gasteiger partial charge in [-0.3, -0.25) is 15.1 Å². The lowest BCUT2D eigenvalue weighted by Crippen LogP contribution is -2.09. The molecule has 1 aromatic carbocycles. The topological polar surface area (TPSA) is 108 Å². The molecule has 2 rings (SSSR count). The number of nitrogens with zero attached hydrogens (tertiary/aromatic N) is 2. The van der Waals surface area contributed by atoms with Crippen LogP contribution in [0.1, 0.15) is 16.1 Å². The Bertz CT molecular complexity index is 643. The van der Waals surface area contributed by atoms with Crippen molar-refractivity contribution in [3.05, 3.63) is 64.0 Å². The Morgan fingerprint density at radius 1 is 1.35 bits per heavy atom. The van der Waals surface area contributed by atoms with Crippen molar-refractivity contribution in [3.63, 3.8) is 0 Å². The van der Waals surface area contributed by atoms with Crippen molar-refractivity contribution in [1.29, 1.82) is 0 Å². The number of nitro benzene ring substituents is 1. The highest BCUT2D eigenvalue weighted by molar-refractivity contribution is 5.95. The van der Waals surface area contributed by atoms with Crippen molar-refractivity contribution in [2.45, 2.75) is 6.61 Å². The number of anilines is 1. The standard InChI is InChI=1S/C13H11N3O4/c14-12-5-4-10(16(18)19)7-11(12)13(17)20-8-9-3-1-2-6-15-9/h1-7H,8,14H2. The van der Waals surface area contributed by atoms with Gasteiger partial charge < -0.3 is 10.5 Å². The summed E-state index contributed by atoms with van der Waals surface area (Å²) in [6.45, 7) is -0.0260. The van der Waals surface area contributed by atoms with Gasteiger partial charge in [-0.05, 0) is 18.2 Å². The summed E-state index contributed by atoms with van der Waals surface area (Å²) < 4.78 is 5.03. The first-order chi connectivity index (χ1) is 9.58. The summed E-state index contributed by atoms with van der Waals surface area (Å²) in [7, 11) is 0. The molecule has 1 heterocycles. The van der Waals surface area contributed by atoms with Crippen molar-refractivity contribution < 1.29 is 14.5 Å². The highest BCUT2D eigenvalue weighted by Gasteiger charge is 2.16. The number of carbonyl (C=O) groups is 1. The minimum absolute atomic E-state index is 0.0260. The molecular formula is C13H11N3O4. The molecule has 2 aromatic rings. The van der Waals surface area contributed by atoms with Gasteiger partial charge >= 0.3 is 5.97 Å². The Kier molecular flexibility index (Phi) is 3.90. The maximum atomic E-state index is 11.9. The summed E-state index contributed by atoms with van der Waals surface area (Å²) in [6, 6.07) is 8.82. The molecule has 0 amide bonds. The molecule has 20 heavy (non-hydrogen) atoms. The molecule has 0 aliphatic rings. The molecule has 0 radical (unpaired) electrons. The van der Waals surface area contributed by atoms with Crippen LogP contribution in [0.25, 0.3) is 0 Å². The van der Waals surface area contributed by atoms with Gasteiger partial charge in [-0.25, -0.2) is 4.79 Å². The summed E-state index contributed by atoms with van der Waals surface area (Å²) in [5, 5.41) is 10.7. The summed E-state index contributed by atoms with van der Waals surface area (Å²) in [4.78, 5) is 25.9. The first-order valence-electron chi connectivity index (χ1n) is 5.69. The second-order valence-corrected chi connectivity index (χ2v) is 3.93. The van der Waals surface area contributed by atoms with Crippen LogP contribution in [0.4, 0.5) is 11.4 Å². The summed E-state index contributed by atoms with van der Waals surface area (Å²) in [6.07, 6.45) is 1.57. The molecular weight excluding hydrogens is 262 g/mol. The molecule has 0 unspecified atom stereocenters. The van der Waals surface area contributed by atoms with Crippen molar-refractivity contribution in [1.82, 2.24) is 4.98 Å². The number of hydrogen-bond acceptors (Lipinski definition) is 6. The molecule has 0 aliphatic heterocycles. The fraction of sp³-hybridized carbons (Fsp3) is 0.0769. The van der Waals surface area contributed by atoms with E-state index < -0.39 is 10.9 Å². The van der Waals surface area contributed by atoms with Gasteiger partial charge in [-0.15, -0.1) is 0 Å². The Hall–Kier alpha value is -2.96. The van der Waals surface area contributed by atoms with E-state index in [-0.39, 0.29) is 23.5 Å². The van der Waals surface area contributed by atoms with Gasteiger partial charge in [0.25, 0.3) is 5.69 Å². The fourth-order valence-electron chi connectivity index (χ4n) is 1.54. The van der Waals surface area contributed by atoms with Crippen LogP contribution < -0.4 is 5.73 Å². The number of aromatic nitrogens is 1. The molecule has 0 atom stereocenters. The summed E-state index contributed by atoms with van der Waals surface area (Å²) in [5.74, 6) is -0.725.